The van der Waals surface area contributed by atoms with Crippen LogP contribution in [0.5, 0.6) is 0 Å². The van der Waals surface area contributed by atoms with E-state index in [4.69, 9.17) is 28.4 Å². The quantitative estimate of drug-likeness (QED) is 0.125. The molecule has 0 spiro atoms. The third-order valence-corrected chi connectivity index (χ3v) is 12.0. The van der Waals surface area contributed by atoms with Crippen LogP contribution in [0.2, 0.25) is 0 Å². The van der Waals surface area contributed by atoms with E-state index >= 15 is 0 Å². The van der Waals surface area contributed by atoms with Crippen LogP contribution in [0, 0.1) is 23.7 Å². The molecular formula is C37H68N2O13. The van der Waals surface area contributed by atoms with Crippen molar-refractivity contribution in [2.24, 2.45) is 28.8 Å². The van der Waals surface area contributed by atoms with E-state index < -0.39 is 102 Å². The van der Waals surface area contributed by atoms with Crippen LogP contribution in [-0.2, 0) is 33.2 Å². The molecule has 0 saturated carbocycles. The zero-order chi connectivity index (χ0) is 39.7. The summed E-state index contributed by atoms with van der Waals surface area (Å²) in [5.41, 5.74) is -4.68. The summed E-state index contributed by atoms with van der Waals surface area (Å²) < 4.78 is 37.2. The van der Waals surface area contributed by atoms with Gasteiger partial charge in [-0.15, -0.1) is 0 Å². The molecule has 3 rings (SSSR count). The van der Waals surface area contributed by atoms with E-state index in [9.17, 15) is 35.5 Å². The molecule has 304 valence electrons. The van der Waals surface area contributed by atoms with E-state index in [1.54, 1.807) is 55.4 Å². The van der Waals surface area contributed by atoms with Crippen molar-refractivity contribution in [2.75, 3.05) is 21.2 Å². The summed E-state index contributed by atoms with van der Waals surface area (Å²) in [5, 5.41) is 71.8. The minimum Gasteiger partial charge on any atom is -0.459 e. The molecule has 6 N–H and O–H groups in total. The van der Waals surface area contributed by atoms with E-state index in [0.29, 0.717) is 6.42 Å². The first-order valence-corrected chi connectivity index (χ1v) is 18.7. The number of cyclic esters (lactones) is 1. The van der Waals surface area contributed by atoms with Crippen molar-refractivity contribution in [1.29, 1.82) is 0 Å². The Hall–Kier alpha value is -1.50. The molecule has 0 radical (unpaired) electrons. The molecular weight excluding hydrogens is 680 g/mol. The molecule has 0 aromatic rings. The molecule has 3 saturated heterocycles. The third kappa shape index (κ3) is 9.47. The molecule has 3 aliphatic heterocycles. The van der Waals surface area contributed by atoms with Crippen LogP contribution in [0.3, 0.4) is 0 Å². The number of carbonyl (C=O) groups excluding carboxylic acids is 1. The fraction of sp³-hybridized carbons (Fsp3) is 0.946. The van der Waals surface area contributed by atoms with Gasteiger partial charge in [-0.3, -0.25) is 4.79 Å². The lowest BCUT2D eigenvalue weighted by atomic mass is 9.73. The third-order valence-electron chi connectivity index (χ3n) is 12.0. The van der Waals surface area contributed by atoms with Gasteiger partial charge in [0.1, 0.15) is 23.9 Å². The molecule has 18 atom stereocenters. The van der Waals surface area contributed by atoms with Gasteiger partial charge in [-0.1, -0.05) is 32.9 Å². The van der Waals surface area contributed by atoms with Gasteiger partial charge in [-0.05, 0) is 74.9 Å². The molecule has 15 heteroatoms. The summed E-state index contributed by atoms with van der Waals surface area (Å²) in [6.45, 7) is 16.6. The molecule has 52 heavy (non-hydrogen) atoms. The predicted molar refractivity (Wildman–Crippen MR) is 190 cm³/mol. The highest BCUT2D eigenvalue weighted by molar-refractivity contribution is 5.88. The smallest absolute Gasteiger partial charge is 0.311 e. The second-order valence-electron chi connectivity index (χ2n) is 16.6. The summed E-state index contributed by atoms with van der Waals surface area (Å²) in [6.07, 6.45) is -9.51. The van der Waals surface area contributed by atoms with Gasteiger partial charge in [0.25, 0.3) is 0 Å². The number of rotatable bonds is 7. The lowest BCUT2D eigenvalue weighted by Crippen LogP contribution is -2.61. The minimum absolute atomic E-state index is 0.0657. The van der Waals surface area contributed by atoms with Crippen molar-refractivity contribution in [3.8, 4) is 0 Å². The Bertz CT molecular complexity index is 1200. The predicted octanol–water partition coefficient (Wildman–Crippen LogP) is 2.05. The van der Waals surface area contributed by atoms with Crippen LogP contribution in [0.4, 0.5) is 0 Å². The van der Waals surface area contributed by atoms with Gasteiger partial charge >= 0.3 is 5.97 Å². The van der Waals surface area contributed by atoms with Crippen LogP contribution in [0.25, 0.3) is 0 Å². The zero-order valence-corrected chi connectivity index (χ0v) is 33.4. The van der Waals surface area contributed by atoms with E-state index in [-0.39, 0.29) is 37.1 Å². The monoisotopic (exact) mass is 748 g/mol. The molecule has 0 aliphatic carbocycles. The van der Waals surface area contributed by atoms with Crippen molar-refractivity contribution >= 4 is 11.7 Å². The summed E-state index contributed by atoms with van der Waals surface area (Å²) in [6, 6.07) is -0.322. The van der Waals surface area contributed by atoms with Crippen LogP contribution in [-0.4, -0.2) is 153 Å². The maximum absolute atomic E-state index is 14.1. The first-order chi connectivity index (χ1) is 24.0. The first-order valence-electron chi connectivity index (χ1n) is 18.7. The normalized spacial score (nSPS) is 49.8. The Morgan fingerprint density at radius 3 is 2.08 bits per heavy atom. The second kappa shape index (κ2) is 17.5. The van der Waals surface area contributed by atoms with Gasteiger partial charge in [0, 0.05) is 37.3 Å². The van der Waals surface area contributed by atoms with Gasteiger partial charge in [0.05, 0.1) is 53.4 Å². The fourth-order valence-electron chi connectivity index (χ4n) is 8.61. The summed E-state index contributed by atoms with van der Waals surface area (Å²) in [7, 11) is 5.19. The number of aliphatic hydroxyl groups excluding tert-OH is 3. The standard InChI is InChI=1S/C37H68N2O13/c1-14-25-37(10,45)30(41)20(4)27(38-46)18(2)16-35(8,44)32(52-34-28(40)24(39(11)12)15-19(3)48-34)21(5)29(22(6)33(43)50-25)51-26-17-36(9,47-13)31(42)23(7)49-26/h18-26,28-32,34,40-42,44-46H,14-17H2,1-13H3/b38-27-/t18-,19-,20+,21+,22-,23+,24+,25?,26+,28-,29?,30-,31+,32-,34+,35-,36-,37-/m1/s1. The Kier molecular flexibility index (Phi) is 15.1. The van der Waals surface area contributed by atoms with Crippen LogP contribution in [0.1, 0.15) is 94.9 Å². The Morgan fingerprint density at radius 1 is 0.923 bits per heavy atom. The highest BCUT2D eigenvalue weighted by atomic mass is 16.7. The highest BCUT2D eigenvalue weighted by Gasteiger charge is 2.53. The average molecular weight is 749 g/mol. The highest BCUT2D eigenvalue weighted by Crippen LogP contribution is 2.41. The van der Waals surface area contributed by atoms with E-state index in [1.807, 2.05) is 25.9 Å². The number of likely N-dealkylation sites (N-methyl/N-ethyl adjacent to an activating group) is 1. The molecule has 0 aromatic carbocycles. The Morgan fingerprint density at radius 2 is 1.54 bits per heavy atom. The van der Waals surface area contributed by atoms with Gasteiger partial charge in [0.2, 0.25) is 0 Å². The lowest BCUT2D eigenvalue weighted by Gasteiger charge is -2.49. The Balaban J connectivity index is 2.21. The van der Waals surface area contributed by atoms with Crippen molar-refractivity contribution in [2.45, 2.75) is 179 Å². The number of esters is 1. The van der Waals surface area contributed by atoms with E-state index in [0.717, 1.165) is 0 Å². The van der Waals surface area contributed by atoms with Gasteiger partial charge in [-0.2, -0.15) is 0 Å². The van der Waals surface area contributed by atoms with Crippen molar-refractivity contribution in [3.05, 3.63) is 0 Å². The van der Waals surface area contributed by atoms with E-state index in [1.165, 1.54) is 14.0 Å². The van der Waals surface area contributed by atoms with Gasteiger partial charge in [-0.25, -0.2) is 0 Å². The number of carbonyl (C=O) groups is 1. The SMILES string of the molecule is CCC1OC(=O)[C@H](C)C(O[C@H]2C[C@@](C)(OC)[C@@H](O)[C@H](C)O2)[C@H](C)[C@@H](O[C@@H]2O[C@H](C)C[C@H](N(C)C)[C@H]2O)[C@](C)(O)C[C@@H](C)/C(=N/O)[C@H](C)[C@@H](O)[C@]1(C)O. The molecule has 3 fully saturated rings. The molecule has 3 aliphatic rings. The molecule has 0 aromatic heterocycles. The summed E-state index contributed by atoms with van der Waals surface area (Å²) in [4.78, 5) is 16.0. The number of hydrogen-bond donors (Lipinski definition) is 6. The maximum Gasteiger partial charge on any atom is 0.311 e. The summed E-state index contributed by atoms with van der Waals surface area (Å²) in [5.74, 6) is -4.24. The number of oxime groups is 1. The van der Waals surface area contributed by atoms with Crippen LogP contribution in [0.15, 0.2) is 5.16 Å². The molecule has 2 unspecified atom stereocenters. The summed E-state index contributed by atoms with van der Waals surface area (Å²) >= 11 is 0. The largest absolute Gasteiger partial charge is 0.459 e. The number of methoxy groups -OCH3 is 1. The number of aliphatic hydroxyl groups is 5. The van der Waals surface area contributed by atoms with Crippen molar-refractivity contribution < 1.29 is 64.0 Å². The number of nitrogens with zero attached hydrogens (tertiary/aromatic N) is 2. The number of hydrogen-bond acceptors (Lipinski definition) is 15. The zero-order valence-electron chi connectivity index (χ0n) is 33.4. The lowest BCUT2D eigenvalue weighted by molar-refractivity contribution is -0.317. The van der Waals surface area contributed by atoms with Crippen molar-refractivity contribution in [3.63, 3.8) is 0 Å². The molecule has 0 amide bonds. The van der Waals surface area contributed by atoms with Gasteiger partial charge < -0.3 is 64.1 Å². The van der Waals surface area contributed by atoms with Crippen LogP contribution >= 0.6 is 0 Å². The average Bonchev–Trinajstić information content (AvgIpc) is 3.06. The molecule has 0 bridgehead atoms. The fourth-order valence-corrected chi connectivity index (χ4v) is 8.61. The molecule has 15 nitrogen and oxygen atoms in total. The van der Waals surface area contributed by atoms with Crippen LogP contribution < -0.4 is 0 Å². The maximum atomic E-state index is 14.1. The second-order valence-corrected chi connectivity index (χ2v) is 16.6. The minimum atomic E-state index is -1.97. The Labute approximate surface area is 309 Å². The topological polar surface area (TPSA) is 209 Å². The van der Waals surface area contributed by atoms with E-state index in [2.05, 4.69) is 5.16 Å². The van der Waals surface area contributed by atoms with Crippen molar-refractivity contribution in [1.82, 2.24) is 4.90 Å². The number of ether oxygens (including phenoxy) is 6. The van der Waals surface area contributed by atoms with Gasteiger partial charge in [0.15, 0.2) is 12.6 Å². The molecule has 3 heterocycles. The first kappa shape index (κ1) is 44.9.